The smallest absolute Gasteiger partial charge is 0.323 e. The summed E-state index contributed by atoms with van der Waals surface area (Å²) < 4.78 is 13.2. The van der Waals surface area contributed by atoms with Gasteiger partial charge in [-0.1, -0.05) is 60.7 Å². The number of unbranched alkanes of at least 4 members (excludes halogenated alkanes) is 1. The van der Waals surface area contributed by atoms with Gasteiger partial charge in [0.2, 0.25) is 0 Å². The summed E-state index contributed by atoms with van der Waals surface area (Å²) in [6, 6.07) is 23.3. The first-order chi connectivity index (χ1) is 18.5. The quantitative estimate of drug-likeness (QED) is 0.155. The third-order valence-corrected chi connectivity index (χ3v) is 6.08. The third-order valence-electron chi connectivity index (χ3n) is 6.08. The molecule has 38 heavy (non-hydrogen) atoms. The van der Waals surface area contributed by atoms with Crippen LogP contribution in [0.15, 0.2) is 79.0 Å². The van der Waals surface area contributed by atoms with E-state index < -0.39 is 11.9 Å². The van der Waals surface area contributed by atoms with Gasteiger partial charge in [-0.3, -0.25) is 9.59 Å². The van der Waals surface area contributed by atoms with Crippen LogP contribution in [-0.2, 0) is 22.6 Å². The molecule has 7 heteroatoms. The lowest BCUT2D eigenvalue weighted by molar-refractivity contribution is -0.138. The second-order valence-corrected chi connectivity index (χ2v) is 8.93. The Morgan fingerprint density at radius 3 is 2.11 bits per heavy atom. The minimum Gasteiger partial charge on any atom is -0.494 e. The lowest BCUT2D eigenvalue weighted by Gasteiger charge is -2.08. The molecule has 0 spiro atoms. The number of carboxylic acids is 2. The molecule has 0 atom stereocenters. The van der Waals surface area contributed by atoms with Crippen molar-refractivity contribution in [3.63, 3.8) is 0 Å². The maximum atomic E-state index is 11.4. The van der Waals surface area contributed by atoms with E-state index in [4.69, 9.17) is 14.6 Å². The molecular formula is C31H31NO6. The number of aliphatic carboxylic acids is 2. The van der Waals surface area contributed by atoms with Crippen molar-refractivity contribution in [2.75, 3.05) is 13.2 Å². The van der Waals surface area contributed by atoms with Gasteiger partial charge in [0, 0.05) is 18.0 Å². The minimum atomic E-state index is -0.954. The molecule has 7 nitrogen and oxygen atoms in total. The number of benzene rings is 3. The number of hydrogen-bond acceptors (Lipinski definition) is 4. The number of hydrogen-bond donors (Lipinski definition) is 2. The molecule has 0 saturated carbocycles. The Kier molecular flexibility index (Phi) is 9.18. The summed E-state index contributed by atoms with van der Waals surface area (Å²) >= 11 is 0. The highest BCUT2D eigenvalue weighted by atomic mass is 16.5. The molecule has 3 aromatic carbocycles. The fourth-order valence-corrected chi connectivity index (χ4v) is 4.27. The van der Waals surface area contributed by atoms with Crippen molar-refractivity contribution in [3.8, 4) is 11.5 Å². The maximum Gasteiger partial charge on any atom is 0.323 e. The number of nitrogens with zero attached hydrogens (tertiary/aromatic N) is 1. The monoisotopic (exact) mass is 513 g/mol. The zero-order valence-electron chi connectivity index (χ0n) is 21.1. The Morgan fingerprint density at radius 1 is 0.763 bits per heavy atom. The van der Waals surface area contributed by atoms with Crippen LogP contribution < -0.4 is 9.47 Å². The highest BCUT2D eigenvalue weighted by molar-refractivity contribution is 5.94. The van der Waals surface area contributed by atoms with E-state index >= 15 is 0 Å². The number of carbonyl (C=O) groups is 2. The van der Waals surface area contributed by atoms with Crippen molar-refractivity contribution in [3.05, 3.63) is 95.7 Å². The fraction of sp³-hybridized carbons (Fsp3) is 0.226. The molecule has 0 radical (unpaired) electrons. The normalized spacial score (nSPS) is 11.2. The van der Waals surface area contributed by atoms with Crippen molar-refractivity contribution < 1.29 is 29.3 Å². The van der Waals surface area contributed by atoms with Crippen LogP contribution in [0.4, 0.5) is 0 Å². The van der Waals surface area contributed by atoms with Crippen LogP contribution in [0.5, 0.6) is 11.5 Å². The second-order valence-electron chi connectivity index (χ2n) is 8.93. The van der Waals surface area contributed by atoms with E-state index in [1.54, 1.807) is 10.8 Å². The van der Waals surface area contributed by atoms with E-state index in [2.05, 4.69) is 0 Å². The fourth-order valence-electron chi connectivity index (χ4n) is 4.27. The Morgan fingerprint density at radius 2 is 1.45 bits per heavy atom. The van der Waals surface area contributed by atoms with Crippen molar-refractivity contribution in [1.29, 1.82) is 0 Å². The number of rotatable bonds is 14. The van der Waals surface area contributed by atoms with E-state index in [-0.39, 0.29) is 13.0 Å². The van der Waals surface area contributed by atoms with Gasteiger partial charge < -0.3 is 24.3 Å². The van der Waals surface area contributed by atoms with Crippen LogP contribution in [0.25, 0.3) is 23.1 Å². The molecule has 0 bridgehead atoms. The van der Waals surface area contributed by atoms with E-state index in [1.165, 1.54) is 0 Å². The summed E-state index contributed by atoms with van der Waals surface area (Å²) in [5, 5.41) is 19.3. The van der Waals surface area contributed by atoms with Crippen LogP contribution >= 0.6 is 0 Å². The lowest BCUT2D eigenvalue weighted by Crippen LogP contribution is -2.08. The predicted molar refractivity (Wildman–Crippen MR) is 148 cm³/mol. The molecule has 0 unspecified atom stereocenters. The van der Waals surface area contributed by atoms with Crippen LogP contribution in [0, 0.1) is 0 Å². The molecule has 0 aliphatic rings. The van der Waals surface area contributed by atoms with Crippen molar-refractivity contribution in [2.45, 2.75) is 32.2 Å². The van der Waals surface area contributed by atoms with Gasteiger partial charge in [-0.05, 0) is 60.2 Å². The predicted octanol–water partition coefficient (Wildman–Crippen LogP) is 6.15. The van der Waals surface area contributed by atoms with Crippen molar-refractivity contribution >= 4 is 35.0 Å². The van der Waals surface area contributed by atoms with E-state index in [0.29, 0.717) is 19.6 Å². The van der Waals surface area contributed by atoms with Gasteiger partial charge in [-0.2, -0.15) is 0 Å². The van der Waals surface area contributed by atoms with Crippen LogP contribution in [0.3, 0.4) is 0 Å². The number of aromatic nitrogens is 1. The van der Waals surface area contributed by atoms with Gasteiger partial charge in [0.05, 0.1) is 18.7 Å². The number of ether oxygens (including phenoxy) is 2. The first-order valence-corrected chi connectivity index (χ1v) is 12.6. The average molecular weight is 514 g/mol. The highest BCUT2D eigenvalue weighted by Gasteiger charge is 2.14. The summed E-state index contributed by atoms with van der Waals surface area (Å²) in [5.74, 6) is -0.164. The van der Waals surface area contributed by atoms with Crippen molar-refractivity contribution in [1.82, 2.24) is 4.57 Å². The zero-order chi connectivity index (χ0) is 26.7. The SMILES string of the molecule is O=C(O)CCc1cn(CC(=O)O)c2c(C=Cc3ccc(OCCCCOc4ccccc4)cc3)cccc12. The molecule has 4 aromatic rings. The Labute approximate surface area is 221 Å². The molecule has 4 rings (SSSR count). The van der Waals surface area contributed by atoms with E-state index in [9.17, 15) is 14.7 Å². The average Bonchev–Trinajstić information content (AvgIpc) is 3.26. The Bertz CT molecular complexity index is 1390. The summed E-state index contributed by atoms with van der Waals surface area (Å²) in [6.45, 7) is 1.07. The molecule has 0 fully saturated rings. The largest absolute Gasteiger partial charge is 0.494 e. The molecule has 0 saturated heterocycles. The topological polar surface area (TPSA) is 98.0 Å². The third kappa shape index (κ3) is 7.49. The molecule has 196 valence electrons. The van der Waals surface area contributed by atoms with Crippen molar-refractivity contribution in [2.24, 2.45) is 0 Å². The van der Waals surface area contributed by atoms with E-state index in [1.807, 2.05) is 84.9 Å². The van der Waals surface area contributed by atoms with Crippen LogP contribution in [0.2, 0.25) is 0 Å². The molecular weight excluding hydrogens is 482 g/mol. The van der Waals surface area contributed by atoms with Gasteiger partial charge in [-0.25, -0.2) is 0 Å². The number of aryl methyl sites for hydroxylation is 1. The Hall–Kier alpha value is -4.52. The summed E-state index contributed by atoms with van der Waals surface area (Å²) in [4.78, 5) is 22.5. The van der Waals surface area contributed by atoms with E-state index in [0.717, 1.165) is 51.9 Å². The van der Waals surface area contributed by atoms with Crippen LogP contribution in [-0.4, -0.2) is 39.9 Å². The zero-order valence-corrected chi connectivity index (χ0v) is 21.1. The molecule has 0 aliphatic heterocycles. The van der Waals surface area contributed by atoms with Gasteiger partial charge in [-0.15, -0.1) is 0 Å². The molecule has 0 amide bonds. The minimum absolute atomic E-state index is 0.0118. The second kappa shape index (κ2) is 13.1. The van der Waals surface area contributed by atoms with Gasteiger partial charge in [0.15, 0.2) is 0 Å². The lowest BCUT2D eigenvalue weighted by atomic mass is 10.0. The summed E-state index contributed by atoms with van der Waals surface area (Å²) in [7, 11) is 0. The number of carboxylic acid groups (broad SMARTS) is 2. The standard InChI is InChI=1S/C31H31NO6/c33-29(34)18-15-25-21-32(22-30(35)36)31-24(7-6-10-28(25)31)14-11-23-12-16-27(17-13-23)38-20-5-4-19-37-26-8-2-1-3-9-26/h1-3,6-14,16-17,21H,4-5,15,18-20,22H2,(H,33,34)(H,35,36). The maximum absolute atomic E-state index is 11.4. The first-order valence-electron chi connectivity index (χ1n) is 12.6. The number of para-hydroxylation sites is 2. The number of fused-ring (bicyclic) bond motifs is 1. The van der Waals surface area contributed by atoms with Gasteiger partial charge >= 0.3 is 11.9 Å². The summed E-state index contributed by atoms with van der Waals surface area (Å²) in [5.41, 5.74) is 3.45. The van der Waals surface area contributed by atoms with Gasteiger partial charge in [0.1, 0.15) is 18.0 Å². The van der Waals surface area contributed by atoms with Crippen LogP contribution in [0.1, 0.15) is 36.0 Å². The Balaban J connectivity index is 1.36. The summed E-state index contributed by atoms with van der Waals surface area (Å²) in [6.07, 6.45) is 7.79. The highest BCUT2D eigenvalue weighted by Crippen LogP contribution is 2.28. The molecule has 1 heterocycles. The molecule has 1 aromatic heterocycles. The first kappa shape index (κ1) is 26.5. The molecule has 0 aliphatic carbocycles. The molecule has 2 N–H and O–H groups in total. The van der Waals surface area contributed by atoms with Gasteiger partial charge in [0.25, 0.3) is 0 Å².